The van der Waals surface area contributed by atoms with E-state index >= 15 is 0 Å². The fraction of sp³-hybridized carbons (Fsp3) is 0.333. The first kappa shape index (κ1) is 16.2. The Hall–Kier alpha value is -2.18. The highest BCUT2D eigenvalue weighted by molar-refractivity contribution is 5.96. The SMILES string of the molecule is CC(C)(C)c1cc(C(F)(F)F)nn1C(=O)c1ccccc1F. The maximum absolute atomic E-state index is 13.7. The molecule has 2 rings (SSSR count). The van der Waals surface area contributed by atoms with E-state index in [2.05, 4.69) is 5.10 Å². The van der Waals surface area contributed by atoms with Crippen molar-refractivity contribution in [2.75, 3.05) is 0 Å². The van der Waals surface area contributed by atoms with Crippen LogP contribution in [0.25, 0.3) is 0 Å². The third-order valence-corrected chi connectivity index (χ3v) is 3.06. The van der Waals surface area contributed by atoms with E-state index in [1.54, 1.807) is 20.8 Å². The zero-order valence-corrected chi connectivity index (χ0v) is 12.2. The number of aromatic nitrogens is 2. The lowest BCUT2D eigenvalue weighted by Crippen LogP contribution is -2.24. The Labute approximate surface area is 124 Å². The van der Waals surface area contributed by atoms with Crippen LogP contribution in [0.5, 0.6) is 0 Å². The van der Waals surface area contributed by atoms with Gasteiger partial charge in [0.05, 0.1) is 11.3 Å². The van der Waals surface area contributed by atoms with Crippen molar-refractivity contribution >= 4 is 5.91 Å². The van der Waals surface area contributed by atoms with E-state index in [4.69, 9.17) is 0 Å². The highest BCUT2D eigenvalue weighted by Crippen LogP contribution is 2.32. The molecule has 0 spiro atoms. The summed E-state index contributed by atoms with van der Waals surface area (Å²) >= 11 is 0. The molecule has 0 fully saturated rings. The summed E-state index contributed by atoms with van der Waals surface area (Å²) in [4.78, 5) is 12.4. The predicted octanol–water partition coefficient (Wildman–Crippen LogP) is 4.03. The molecule has 118 valence electrons. The van der Waals surface area contributed by atoms with Crippen LogP contribution in [0.4, 0.5) is 17.6 Å². The van der Waals surface area contributed by atoms with Crippen molar-refractivity contribution in [2.45, 2.75) is 32.4 Å². The summed E-state index contributed by atoms with van der Waals surface area (Å²) in [5.41, 5.74) is -2.21. The molecule has 0 aliphatic rings. The molecule has 0 saturated carbocycles. The van der Waals surface area contributed by atoms with E-state index in [1.165, 1.54) is 18.2 Å². The van der Waals surface area contributed by atoms with Crippen molar-refractivity contribution in [3.8, 4) is 0 Å². The number of hydrogen-bond donors (Lipinski definition) is 0. The monoisotopic (exact) mass is 314 g/mol. The summed E-state index contributed by atoms with van der Waals surface area (Å²) in [5.74, 6) is -1.74. The summed E-state index contributed by atoms with van der Waals surface area (Å²) in [5, 5.41) is 3.34. The highest BCUT2D eigenvalue weighted by atomic mass is 19.4. The first-order chi connectivity index (χ1) is 10.0. The van der Waals surface area contributed by atoms with E-state index in [-0.39, 0.29) is 11.3 Å². The molecule has 0 radical (unpaired) electrons. The highest BCUT2D eigenvalue weighted by Gasteiger charge is 2.38. The van der Waals surface area contributed by atoms with Crippen molar-refractivity contribution < 1.29 is 22.4 Å². The smallest absolute Gasteiger partial charge is 0.267 e. The Morgan fingerprint density at radius 1 is 1.14 bits per heavy atom. The summed E-state index contributed by atoms with van der Waals surface area (Å²) in [7, 11) is 0. The number of carbonyl (C=O) groups is 1. The molecule has 1 heterocycles. The maximum atomic E-state index is 13.7. The van der Waals surface area contributed by atoms with E-state index in [0.717, 1.165) is 12.1 Å². The molecule has 0 amide bonds. The van der Waals surface area contributed by atoms with Gasteiger partial charge in [-0.3, -0.25) is 4.79 Å². The van der Waals surface area contributed by atoms with Gasteiger partial charge in [-0.25, -0.2) is 4.39 Å². The van der Waals surface area contributed by atoms with Gasteiger partial charge in [0.2, 0.25) is 0 Å². The van der Waals surface area contributed by atoms with E-state index in [9.17, 15) is 22.4 Å². The van der Waals surface area contributed by atoms with Crippen molar-refractivity contribution in [3.63, 3.8) is 0 Å². The van der Waals surface area contributed by atoms with Crippen LogP contribution in [0.1, 0.15) is 42.5 Å². The minimum atomic E-state index is -4.68. The van der Waals surface area contributed by atoms with Crippen LogP contribution in [-0.2, 0) is 11.6 Å². The Morgan fingerprint density at radius 2 is 1.73 bits per heavy atom. The molecule has 0 aliphatic heterocycles. The molecule has 1 aromatic heterocycles. The van der Waals surface area contributed by atoms with Crippen LogP contribution in [0.15, 0.2) is 30.3 Å². The van der Waals surface area contributed by atoms with Crippen LogP contribution in [0.3, 0.4) is 0 Å². The number of rotatable bonds is 1. The summed E-state index contributed by atoms with van der Waals surface area (Å²) in [6.07, 6.45) is -4.68. The van der Waals surface area contributed by atoms with Gasteiger partial charge in [-0.15, -0.1) is 0 Å². The average Bonchev–Trinajstić information content (AvgIpc) is 2.83. The Balaban J connectivity index is 2.62. The second-order valence-electron chi connectivity index (χ2n) is 5.86. The third kappa shape index (κ3) is 3.03. The van der Waals surface area contributed by atoms with Crippen LogP contribution in [-0.4, -0.2) is 15.7 Å². The number of halogens is 4. The fourth-order valence-electron chi connectivity index (χ4n) is 1.96. The fourth-order valence-corrected chi connectivity index (χ4v) is 1.96. The number of hydrogen-bond acceptors (Lipinski definition) is 2. The van der Waals surface area contributed by atoms with E-state index < -0.39 is 29.0 Å². The normalized spacial score (nSPS) is 12.5. The lowest BCUT2D eigenvalue weighted by molar-refractivity contribution is -0.141. The van der Waals surface area contributed by atoms with Crippen molar-refractivity contribution in [3.05, 3.63) is 53.1 Å². The lowest BCUT2D eigenvalue weighted by Gasteiger charge is -2.19. The van der Waals surface area contributed by atoms with Gasteiger partial charge in [-0.1, -0.05) is 32.9 Å². The molecule has 3 nitrogen and oxygen atoms in total. The van der Waals surface area contributed by atoms with Gasteiger partial charge in [0.25, 0.3) is 5.91 Å². The molecular formula is C15H14F4N2O. The largest absolute Gasteiger partial charge is 0.435 e. The summed E-state index contributed by atoms with van der Waals surface area (Å²) < 4.78 is 52.9. The second kappa shape index (κ2) is 5.23. The molecule has 0 atom stereocenters. The quantitative estimate of drug-likeness (QED) is 0.745. The molecule has 0 unspecified atom stereocenters. The number of carbonyl (C=O) groups excluding carboxylic acids is 1. The molecular weight excluding hydrogens is 300 g/mol. The van der Waals surface area contributed by atoms with Gasteiger partial charge in [-0.2, -0.15) is 23.0 Å². The number of alkyl halides is 3. The molecule has 1 aromatic carbocycles. The molecule has 0 N–H and O–H groups in total. The van der Waals surface area contributed by atoms with E-state index in [0.29, 0.717) is 4.68 Å². The minimum absolute atomic E-state index is 0.0630. The van der Waals surface area contributed by atoms with Crippen molar-refractivity contribution in [1.29, 1.82) is 0 Å². The van der Waals surface area contributed by atoms with E-state index in [1.807, 2.05) is 0 Å². The Bertz CT molecular complexity index is 711. The van der Waals surface area contributed by atoms with Gasteiger partial charge >= 0.3 is 6.18 Å². The van der Waals surface area contributed by atoms with Crippen molar-refractivity contribution in [2.24, 2.45) is 0 Å². The molecule has 0 saturated heterocycles. The first-order valence-electron chi connectivity index (χ1n) is 6.49. The predicted molar refractivity (Wildman–Crippen MR) is 72.1 cm³/mol. The number of nitrogens with zero attached hydrogens (tertiary/aromatic N) is 2. The Morgan fingerprint density at radius 3 is 2.23 bits per heavy atom. The van der Waals surface area contributed by atoms with Crippen LogP contribution < -0.4 is 0 Å². The van der Waals surface area contributed by atoms with Gasteiger partial charge in [-0.05, 0) is 18.2 Å². The topological polar surface area (TPSA) is 34.9 Å². The van der Waals surface area contributed by atoms with Crippen LogP contribution in [0, 0.1) is 5.82 Å². The zero-order chi connectivity index (χ0) is 16.7. The Kier molecular flexibility index (Phi) is 3.85. The lowest BCUT2D eigenvalue weighted by atomic mass is 9.91. The van der Waals surface area contributed by atoms with Gasteiger partial charge < -0.3 is 0 Å². The second-order valence-corrected chi connectivity index (χ2v) is 5.86. The molecule has 22 heavy (non-hydrogen) atoms. The molecule has 2 aromatic rings. The minimum Gasteiger partial charge on any atom is -0.267 e. The van der Waals surface area contributed by atoms with Crippen LogP contribution >= 0.6 is 0 Å². The van der Waals surface area contributed by atoms with Crippen LogP contribution in [0.2, 0.25) is 0 Å². The first-order valence-corrected chi connectivity index (χ1v) is 6.49. The van der Waals surface area contributed by atoms with Gasteiger partial charge in [0.15, 0.2) is 5.69 Å². The number of benzene rings is 1. The zero-order valence-electron chi connectivity index (χ0n) is 12.2. The summed E-state index contributed by atoms with van der Waals surface area (Å²) in [6.45, 7) is 4.94. The van der Waals surface area contributed by atoms with Gasteiger partial charge in [0.1, 0.15) is 5.82 Å². The molecule has 0 aliphatic carbocycles. The van der Waals surface area contributed by atoms with Gasteiger partial charge in [0, 0.05) is 5.41 Å². The average molecular weight is 314 g/mol. The molecule has 7 heteroatoms. The molecule has 0 bridgehead atoms. The maximum Gasteiger partial charge on any atom is 0.435 e. The summed E-state index contributed by atoms with van der Waals surface area (Å²) in [6, 6.07) is 5.91. The standard InChI is InChI=1S/C15H14F4N2O/c1-14(2,3)12-8-11(15(17,18)19)20-21(12)13(22)9-6-4-5-7-10(9)16/h4-8H,1-3H3. The third-order valence-electron chi connectivity index (χ3n) is 3.06. The van der Waals surface area contributed by atoms with Crippen molar-refractivity contribution in [1.82, 2.24) is 9.78 Å².